The normalized spacial score (nSPS) is 17.3. The van der Waals surface area contributed by atoms with Gasteiger partial charge >= 0.3 is 0 Å². The maximum Gasteiger partial charge on any atom is 0.227 e. The fraction of sp³-hybridized carbons (Fsp3) is 0.350. The van der Waals surface area contributed by atoms with Crippen molar-refractivity contribution in [1.82, 2.24) is 0 Å². The number of nitrogens with zero attached hydrogens (tertiary/aromatic N) is 1. The van der Waals surface area contributed by atoms with Crippen LogP contribution in [0.25, 0.3) is 0 Å². The molecule has 4 nitrogen and oxygen atoms in total. The van der Waals surface area contributed by atoms with Gasteiger partial charge in [-0.05, 0) is 48.6 Å². The van der Waals surface area contributed by atoms with Gasteiger partial charge in [-0.1, -0.05) is 17.7 Å². The number of hydrogen-bond donors (Lipinski definition) is 2. The SMILES string of the molecule is O=C1CCC(Cc2ccc(F)cc2F)CN1c1cc(NCCO)ccc1Cl. The summed E-state index contributed by atoms with van der Waals surface area (Å²) in [6.45, 7) is 0.798. The number of anilines is 2. The van der Waals surface area contributed by atoms with Crippen LogP contribution in [0.2, 0.25) is 5.02 Å². The van der Waals surface area contributed by atoms with E-state index in [9.17, 15) is 13.6 Å². The molecule has 7 heteroatoms. The first-order valence-electron chi connectivity index (χ1n) is 8.86. The molecule has 3 rings (SSSR count). The molecule has 0 spiro atoms. The second-order valence-electron chi connectivity index (χ2n) is 6.67. The Morgan fingerprint density at radius 3 is 2.78 bits per heavy atom. The lowest BCUT2D eigenvalue weighted by Gasteiger charge is -2.33. The van der Waals surface area contributed by atoms with Crippen molar-refractivity contribution in [2.24, 2.45) is 5.92 Å². The first kappa shape index (κ1) is 19.6. The van der Waals surface area contributed by atoms with Gasteiger partial charge in [-0.3, -0.25) is 4.79 Å². The second kappa shape index (κ2) is 8.67. The molecule has 0 bridgehead atoms. The maximum atomic E-state index is 14.0. The lowest BCUT2D eigenvalue weighted by atomic mass is 9.90. The number of rotatable bonds is 6. The molecule has 0 saturated carbocycles. The van der Waals surface area contributed by atoms with E-state index in [0.29, 0.717) is 48.6 Å². The van der Waals surface area contributed by atoms with Gasteiger partial charge in [0.15, 0.2) is 0 Å². The summed E-state index contributed by atoms with van der Waals surface area (Å²) < 4.78 is 27.1. The van der Waals surface area contributed by atoms with E-state index in [4.69, 9.17) is 16.7 Å². The molecular weight excluding hydrogens is 374 g/mol. The number of hydrogen-bond acceptors (Lipinski definition) is 3. The minimum Gasteiger partial charge on any atom is -0.395 e. The van der Waals surface area contributed by atoms with Crippen molar-refractivity contribution in [3.63, 3.8) is 0 Å². The molecule has 2 aromatic rings. The first-order valence-corrected chi connectivity index (χ1v) is 9.24. The summed E-state index contributed by atoms with van der Waals surface area (Å²) in [5.41, 5.74) is 1.79. The molecule has 1 fully saturated rings. The number of nitrogens with one attached hydrogen (secondary N) is 1. The minimum atomic E-state index is -0.601. The van der Waals surface area contributed by atoms with E-state index in [1.807, 2.05) is 0 Å². The van der Waals surface area contributed by atoms with E-state index >= 15 is 0 Å². The number of aliphatic hydroxyl groups excluding tert-OH is 1. The smallest absolute Gasteiger partial charge is 0.227 e. The largest absolute Gasteiger partial charge is 0.395 e. The van der Waals surface area contributed by atoms with Crippen LogP contribution in [0.5, 0.6) is 0 Å². The number of halogens is 3. The highest BCUT2D eigenvalue weighted by Gasteiger charge is 2.29. The van der Waals surface area contributed by atoms with Gasteiger partial charge in [-0.2, -0.15) is 0 Å². The molecule has 0 radical (unpaired) electrons. The number of carbonyl (C=O) groups is 1. The van der Waals surface area contributed by atoms with Crippen molar-refractivity contribution in [3.05, 3.63) is 58.6 Å². The van der Waals surface area contributed by atoms with Crippen LogP contribution >= 0.6 is 11.6 Å². The van der Waals surface area contributed by atoms with Crippen LogP contribution in [0.1, 0.15) is 18.4 Å². The van der Waals surface area contributed by atoms with Gasteiger partial charge in [-0.25, -0.2) is 8.78 Å². The molecule has 1 saturated heterocycles. The van der Waals surface area contributed by atoms with Gasteiger partial charge in [0.25, 0.3) is 0 Å². The number of carbonyl (C=O) groups excluding carboxylic acids is 1. The fourth-order valence-corrected chi connectivity index (χ4v) is 3.56. The fourth-order valence-electron chi connectivity index (χ4n) is 3.34. The molecule has 2 aromatic carbocycles. The van der Waals surface area contributed by atoms with E-state index in [0.717, 1.165) is 11.8 Å². The molecular formula is C20H21ClF2N2O2. The Bertz CT molecular complexity index is 832. The Hall–Kier alpha value is -2.18. The summed E-state index contributed by atoms with van der Waals surface area (Å²) in [7, 11) is 0. The highest BCUT2D eigenvalue weighted by molar-refractivity contribution is 6.34. The van der Waals surface area contributed by atoms with Crippen molar-refractivity contribution in [1.29, 1.82) is 0 Å². The lowest BCUT2D eigenvalue weighted by Crippen LogP contribution is -2.41. The van der Waals surface area contributed by atoms with Crippen molar-refractivity contribution in [3.8, 4) is 0 Å². The minimum absolute atomic E-state index is 0.00802. The van der Waals surface area contributed by atoms with Crippen molar-refractivity contribution < 1.29 is 18.7 Å². The molecule has 1 unspecified atom stereocenters. The Kier molecular flexibility index (Phi) is 6.29. The van der Waals surface area contributed by atoms with E-state index in [1.165, 1.54) is 12.1 Å². The maximum absolute atomic E-state index is 14.0. The standard InChI is InChI=1S/C20H21ClF2N2O2/c21-17-5-4-16(24-7-8-26)11-19(17)25-12-13(1-6-20(25)27)9-14-2-3-15(22)10-18(14)23/h2-5,10-11,13,24,26H,1,6-9,12H2. The van der Waals surface area contributed by atoms with Crippen LogP contribution in [-0.4, -0.2) is 30.7 Å². The quantitative estimate of drug-likeness (QED) is 0.778. The second-order valence-corrected chi connectivity index (χ2v) is 7.07. The molecule has 1 aliphatic rings. The third kappa shape index (κ3) is 4.76. The van der Waals surface area contributed by atoms with Crippen LogP contribution in [0.3, 0.4) is 0 Å². The monoisotopic (exact) mass is 394 g/mol. The zero-order chi connectivity index (χ0) is 19.4. The molecule has 1 aliphatic heterocycles. The average Bonchev–Trinajstić information content (AvgIpc) is 2.65. The molecule has 0 aromatic heterocycles. The van der Waals surface area contributed by atoms with Crippen molar-refractivity contribution in [2.45, 2.75) is 19.3 Å². The van der Waals surface area contributed by atoms with E-state index in [2.05, 4.69) is 5.32 Å². The summed E-state index contributed by atoms with van der Waals surface area (Å²) in [5, 5.41) is 12.4. The van der Waals surface area contributed by atoms with Crippen LogP contribution in [0, 0.1) is 17.6 Å². The van der Waals surface area contributed by atoms with Gasteiger partial charge in [0.05, 0.1) is 17.3 Å². The lowest BCUT2D eigenvalue weighted by molar-refractivity contribution is -0.120. The van der Waals surface area contributed by atoms with Crippen LogP contribution in [0.15, 0.2) is 36.4 Å². The van der Waals surface area contributed by atoms with Crippen molar-refractivity contribution >= 4 is 28.9 Å². The zero-order valence-corrected chi connectivity index (χ0v) is 15.5. The summed E-state index contributed by atoms with van der Waals surface area (Å²) >= 11 is 6.31. The van der Waals surface area contributed by atoms with Gasteiger partial charge in [0, 0.05) is 31.3 Å². The molecule has 1 atom stereocenters. The summed E-state index contributed by atoms with van der Waals surface area (Å²) in [6.07, 6.45) is 1.42. The molecule has 1 amide bonds. The number of benzene rings is 2. The molecule has 1 heterocycles. The van der Waals surface area contributed by atoms with Crippen molar-refractivity contribution in [2.75, 3.05) is 29.9 Å². The van der Waals surface area contributed by atoms with Gasteiger partial charge in [0.1, 0.15) is 11.6 Å². The predicted octanol–water partition coefficient (Wildman–Crippen LogP) is 4.01. The average molecular weight is 395 g/mol. The molecule has 144 valence electrons. The predicted molar refractivity (Wildman–Crippen MR) is 102 cm³/mol. The molecule has 2 N–H and O–H groups in total. The highest BCUT2D eigenvalue weighted by atomic mass is 35.5. The zero-order valence-electron chi connectivity index (χ0n) is 14.7. The van der Waals surface area contributed by atoms with Crippen LogP contribution < -0.4 is 10.2 Å². The third-order valence-corrected chi connectivity index (χ3v) is 5.03. The van der Waals surface area contributed by atoms with Gasteiger partial charge in [-0.15, -0.1) is 0 Å². The van der Waals surface area contributed by atoms with Gasteiger partial charge in [0.2, 0.25) is 5.91 Å². The first-order chi connectivity index (χ1) is 13.0. The van der Waals surface area contributed by atoms with E-state index in [1.54, 1.807) is 23.1 Å². The number of piperidine rings is 1. The highest BCUT2D eigenvalue weighted by Crippen LogP contribution is 2.34. The van der Waals surface area contributed by atoms with Crippen LogP contribution in [-0.2, 0) is 11.2 Å². The molecule has 27 heavy (non-hydrogen) atoms. The Balaban J connectivity index is 1.78. The number of aliphatic hydroxyl groups is 1. The van der Waals surface area contributed by atoms with E-state index in [-0.39, 0.29) is 18.4 Å². The van der Waals surface area contributed by atoms with E-state index < -0.39 is 11.6 Å². The topological polar surface area (TPSA) is 52.6 Å². The Labute approximate surface area is 161 Å². The Morgan fingerprint density at radius 2 is 2.04 bits per heavy atom. The number of amides is 1. The summed E-state index contributed by atoms with van der Waals surface area (Å²) in [6, 6.07) is 8.84. The third-order valence-electron chi connectivity index (χ3n) is 4.71. The molecule has 0 aliphatic carbocycles. The van der Waals surface area contributed by atoms with Crippen LogP contribution in [0.4, 0.5) is 20.2 Å². The Morgan fingerprint density at radius 1 is 1.22 bits per heavy atom. The summed E-state index contributed by atoms with van der Waals surface area (Å²) in [4.78, 5) is 14.1. The van der Waals surface area contributed by atoms with Gasteiger partial charge < -0.3 is 15.3 Å². The summed E-state index contributed by atoms with van der Waals surface area (Å²) in [5.74, 6) is -1.15.